The third-order valence-corrected chi connectivity index (χ3v) is 5.53. The van der Waals surface area contributed by atoms with Crippen LogP contribution < -0.4 is 5.32 Å². The lowest BCUT2D eigenvalue weighted by Gasteiger charge is -2.29. The largest absolute Gasteiger partial charge is 0.505 e. The first-order valence-electron chi connectivity index (χ1n) is 11.1. The molecule has 1 amide bonds. The number of fused-ring (bicyclic) bond motifs is 1. The molecule has 10 nitrogen and oxygen atoms in total. The second-order valence-electron chi connectivity index (χ2n) is 8.42. The van der Waals surface area contributed by atoms with Crippen molar-refractivity contribution in [2.24, 2.45) is 11.8 Å². The zero-order chi connectivity index (χ0) is 25.0. The maximum absolute atomic E-state index is 12.8. The summed E-state index contributed by atoms with van der Waals surface area (Å²) in [6.45, 7) is 6.03. The highest BCUT2D eigenvalue weighted by molar-refractivity contribution is 5.99. The summed E-state index contributed by atoms with van der Waals surface area (Å²) >= 11 is 0. The molecule has 1 aromatic heterocycles. The Morgan fingerprint density at radius 3 is 2.62 bits per heavy atom. The summed E-state index contributed by atoms with van der Waals surface area (Å²) in [5, 5.41) is 13.3. The van der Waals surface area contributed by atoms with E-state index in [4.69, 9.17) is 14.2 Å². The molecule has 1 aliphatic heterocycles. The molecule has 10 heteroatoms. The van der Waals surface area contributed by atoms with Gasteiger partial charge in [-0.1, -0.05) is 39.0 Å². The van der Waals surface area contributed by atoms with Gasteiger partial charge in [0.2, 0.25) is 0 Å². The Labute approximate surface area is 196 Å². The number of ether oxygens (including phenoxy) is 3. The fourth-order valence-electron chi connectivity index (χ4n) is 3.58. The van der Waals surface area contributed by atoms with E-state index in [0.717, 1.165) is 0 Å². The van der Waals surface area contributed by atoms with Crippen molar-refractivity contribution in [2.75, 3.05) is 6.61 Å². The first kappa shape index (κ1) is 24.9. The van der Waals surface area contributed by atoms with Gasteiger partial charge in [-0.3, -0.25) is 14.4 Å². The number of aromatic nitrogens is 1. The number of cyclic esters (lactones) is 2. The first-order valence-corrected chi connectivity index (χ1v) is 11.1. The van der Waals surface area contributed by atoms with Crippen LogP contribution in [0.3, 0.4) is 0 Å². The predicted octanol–water partition coefficient (Wildman–Crippen LogP) is 2.12. The van der Waals surface area contributed by atoms with E-state index in [9.17, 15) is 24.3 Å². The Balaban J connectivity index is 1.82. The van der Waals surface area contributed by atoms with E-state index in [2.05, 4.69) is 10.3 Å². The van der Waals surface area contributed by atoms with Crippen LogP contribution in [0.4, 0.5) is 0 Å². The fraction of sp³-hybridized carbons (Fsp3) is 0.458. The normalized spacial score (nSPS) is 23.3. The summed E-state index contributed by atoms with van der Waals surface area (Å²) in [4.78, 5) is 54.7. The molecule has 1 aliphatic rings. The van der Waals surface area contributed by atoms with Crippen LogP contribution in [-0.4, -0.2) is 58.8 Å². The number of esters is 3. The van der Waals surface area contributed by atoms with Crippen LogP contribution in [0.25, 0.3) is 10.9 Å². The average molecular weight is 472 g/mol. The zero-order valence-electron chi connectivity index (χ0n) is 19.4. The summed E-state index contributed by atoms with van der Waals surface area (Å²) < 4.78 is 16.2. The molecule has 34 heavy (non-hydrogen) atoms. The lowest BCUT2D eigenvalue weighted by atomic mass is 9.95. The van der Waals surface area contributed by atoms with Gasteiger partial charge in [0.15, 0.2) is 17.8 Å². The molecule has 0 bridgehead atoms. The van der Waals surface area contributed by atoms with Crippen molar-refractivity contribution < 1.29 is 38.5 Å². The molecule has 1 aromatic carbocycles. The zero-order valence-corrected chi connectivity index (χ0v) is 19.4. The molecule has 2 aromatic rings. The van der Waals surface area contributed by atoms with Gasteiger partial charge in [0.1, 0.15) is 18.5 Å². The van der Waals surface area contributed by atoms with Gasteiger partial charge in [0, 0.05) is 5.39 Å². The van der Waals surface area contributed by atoms with Crippen LogP contribution in [0.15, 0.2) is 30.3 Å². The number of amides is 1. The van der Waals surface area contributed by atoms with Crippen LogP contribution in [-0.2, 0) is 28.6 Å². The van der Waals surface area contributed by atoms with Gasteiger partial charge in [-0.15, -0.1) is 0 Å². The van der Waals surface area contributed by atoms with Gasteiger partial charge < -0.3 is 24.6 Å². The molecule has 0 radical (unpaired) electrons. The van der Waals surface area contributed by atoms with Crippen molar-refractivity contribution in [2.45, 2.75) is 52.4 Å². The monoisotopic (exact) mass is 472 g/mol. The average Bonchev–Trinajstić information content (AvgIpc) is 2.83. The van der Waals surface area contributed by atoms with Gasteiger partial charge in [0.05, 0.1) is 17.4 Å². The molecule has 2 heterocycles. The fourth-order valence-corrected chi connectivity index (χ4v) is 3.58. The second-order valence-corrected chi connectivity index (χ2v) is 8.42. The smallest absolute Gasteiger partial charge is 0.332 e. The van der Waals surface area contributed by atoms with E-state index in [1.54, 1.807) is 45.0 Å². The molecular formula is C24H28N2O8. The van der Waals surface area contributed by atoms with Gasteiger partial charge >= 0.3 is 17.9 Å². The number of aromatic hydroxyl groups is 1. The predicted molar refractivity (Wildman–Crippen MR) is 120 cm³/mol. The molecule has 0 saturated carbocycles. The summed E-state index contributed by atoms with van der Waals surface area (Å²) in [6, 6.07) is 6.93. The van der Waals surface area contributed by atoms with Gasteiger partial charge in [0.25, 0.3) is 5.91 Å². The molecular weight excluding hydrogens is 444 g/mol. The lowest BCUT2D eigenvalue weighted by Crippen LogP contribution is -2.46. The Morgan fingerprint density at radius 1 is 1.24 bits per heavy atom. The number of nitrogens with one attached hydrogen (secondary N) is 1. The standard InChI is InChI=1S/C24H28N2O8/c1-5-15-20(34-22(29)12(2)3)13(4)33-24(31)17(11-32-23(15)30)26-21(28)19-18(27)10-14-8-6-7-9-16(14)25-19/h6-10,12-13,15,17,20,27H,5,11H2,1-4H3,(H,26,28)/t13-,15+,17-,20-/m0/s1. The lowest BCUT2D eigenvalue weighted by molar-refractivity contribution is -0.176. The third kappa shape index (κ3) is 5.44. The molecule has 0 aliphatic carbocycles. The van der Waals surface area contributed by atoms with Crippen molar-refractivity contribution in [1.29, 1.82) is 0 Å². The molecule has 0 spiro atoms. The number of carbonyl (C=O) groups is 4. The molecule has 0 unspecified atom stereocenters. The van der Waals surface area contributed by atoms with Crippen molar-refractivity contribution in [1.82, 2.24) is 10.3 Å². The van der Waals surface area contributed by atoms with Crippen LogP contribution in [0.5, 0.6) is 5.75 Å². The molecule has 182 valence electrons. The highest BCUT2D eigenvalue weighted by Gasteiger charge is 2.41. The Kier molecular flexibility index (Phi) is 7.70. The second kappa shape index (κ2) is 10.5. The van der Waals surface area contributed by atoms with E-state index < -0.39 is 60.5 Å². The number of hydrogen-bond acceptors (Lipinski definition) is 9. The number of carbonyl (C=O) groups excluding carboxylic acids is 4. The highest BCUT2D eigenvalue weighted by Crippen LogP contribution is 2.24. The SMILES string of the molecule is CC[C@H]1C(=O)OC[C@H](NC(=O)c2nc3ccccc3cc2O)C(=O)O[C@@H](C)[C@@H]1OC(=O)C(C)C. The number of hydrogen-bond donors (Lipinski definition) is 2. The quantitative estimate of drug-likeness (QED) is 0.494. The van der Waals surface area contributed by atoms with Crippen LogP contribution in [0.1, 0.15) is 44.6 Å². The minimum atomic E-state index is -1.36. The third-order valence-electron chi connectivity index (χ3n) is 5.53. The van der Waals surface area contributed by atoms with Crippen LogP contribution >= 0.6 is 0 Å². The summed E-state index contributed by atoms with van der Waals surface area (Å²) in [7, 11) is 0. The van der Waals surface area contributed by atoms with E-state index in [1.807, 2.05) is 0 Å². The van der Waals surface area contributed by atoms with Gasteiger partial charge in [-0.05, 0) is 25.5 Å². The first-order chi connectivity index (χ1) is 16.1. The van der Waals surface area contributed by atoms with Gasteiger partial charge in [-0.2, -0.15) is 0 Å². The Hall–Kier alpha value is -3.69. The number of pyridine rings is 1. The topological polar surface area (TPSA) is 141 Å². The van der Waals surface area contributed by atoms with Crippen molar-refractivity contribution in [3.8, 4) is 5.75 Å². The highest BCUT2D eigenvalue weighted by atomic mass is 16.6. The summed E-state index contributed by atoms with van der Waals surface area (Å²) in [5.74, 6) is -4.62. The molecule has 1 saturated heterocycles. The van der Waals surface area contributed by atoms with Crippen LogP contribution in [0, 0.1) is 11.8 Å². The van der Waals surface area contributed by atoms with E-state index in [0.29, 0.717) is 10.9 Å². The Bertz CT molecular complexity index is 1100. The van der Waals surface area contributed by atoms with E-state index in [1.165, 1.54) is 13.0 Å². The van der Waals surface area contributed by atoms with Crippen molar-refractivity contribution in [3.63, 3.8) is 0 Å². The molecule has 2 N–H and O–H groups in total. The number of benzene rings is 1. The van der Waals surface area contributed by atoms with Crippen LogP contribution in [0.2, 0.25) is 0 Å². The summed E-state index contributed by atoms with van der Waals surface area (Å²) in [6.07, 6.45) is -1.74. The molecule has 1 fully saturated rings. The van der Waals surface area contributed by atoms with Crippen molar-refractivity contribution >= 4 is 34.7 Å². The minimum Gasteiger partial charge on any atom is -0.505 e. The Morgan fingerprint density at radius 2 is 1.94 bits per heavy atom. The summed E-state index contributed by atoms with van der Waals surface area (Å²) in [5.41, 5.74) is 0.184. The number of para-hydroxylation sites is 1. The number of nitrogens with zero attached hydrogens (tertiary/aromatic N) is 1. The van der Waals surface area contributed by atoms with Gasteiger partial charge in [-0.25, -0.2) is 9.78 Å². The maximum atomic E-state index is 12.8. The van der Waals surface area contributed by atoms with Crippen molar-refractivity contribution in [3.05, 3.63) is 36.0 Å². The minimum absolute atomic E-state index is 0.280. The van der Waals surface area contributed by atoms with E-state index in [-0.39, 0.29) is 17.9 Å². The van der Waals surface area contributed by atoms with E-state index >= 15 is 0 Å². The molecule has 4 atom stereocenters. The number of rotatable bonds is 5. The maximum Gasteiger partial charge on any atom is 0.332 e. The molecule has 3 rings (SSSR count).